The van der Waals surface area contributed by atoms with E-state index in [2.05, 4.69) is 15.6 Å². The van der Waals surface area contributed by atoms with Crippen molar-refractivity contribution in [1.29, 1.82) is 0 Å². The second-order valence-electron chi connectivity index (χ2n) is 7.85. The average Bonchev–Trinajstić information content (AvgIpc) is 2.68. The van der Waals surface area contributed by atoms with Crippen LogP contribution in [0.1, 0.15) is 52.9 Å². The number of aryl methyl sites for hydroxylation is 2. The maximum absolute atomic E-state index is 12.9. The lowest BCUT2D eigenvalue weighted by Gasteiger charge is -2.30. The lowest BCUT2D eigenvalue weighted by Crippen LogP contribution is -2.38. The maximum atomic E-state index is 12.9. The number of halogens is 4. The van der Waals surface area contributed by atoms with Crippen LogP contribution in [0.15, 0.2) is 30.5 Å². The first kappa shape index (κ1) is 22.4. The summed E-state index contributed by atoms with van der Waals surface area (Å²) in [5, 5.41) is 6.35. The summed E-state index contributed by atoms with van der Waals surface area (Å²) in [4.78, 5) is 16.8. The molecule has 0 radical (unpaired) electrons. The van der Waals surface area contributed by atoms with Crippen molar-refractivity contribution in [3.8, 4) is 0 Å². The van der Waals surface area contributed by atoms with Gasteiger partial charge in [0.15, 0.2) is 0 Å². The summed E-state index contributed by atoms with van der Waals surface area (Å²) in [6, 6.07) is 4.71. The molecule has 1 aliphatic rings. The van der Waals surface area contributed by atoms with Gasteiger partial charge in [0.25, 0.3) is 5.91 Å². The molecule has 1 aromatic heterocycles. The van der Waals surface area contributed by atoms with Crippen molar-refractivity contribution in [3.05, 3.63) is 57.9 Å². The summed E-state index contributed by atoms with van der Waals surface area (Å²) in [7, 11) is 0. The molecule has 0 aliphatic heterocycles. The Morgan fingerprint density at radius 3 is 2.50 bits per heavy atom. The molecule has 2 aromatic rings. The highest BCUT2D eigenvalue weighted by atomic mass is 35.5. The van der Waals surface area contributed by atoms with Crippen LogP contribution in [-0.4, -0.2) is 23.5 Å². The first-order valence-corrected chi connectivity index (χ1v) is 10.4. The topological polar surface area (TPSA) is 54.0 Å². The van der Waals surface area contributed by atoms with Gasteiger partial charge in [0.2, 0.25) is 0 Å². The van der Waals surface area contributed by atoms with Crippen molar-refractivity contribution in [1.82, 2.24) is 10.3 Å². The first-order valence-electron chi connectivity index (χ1n) is 9.99. The van der Waals surface area contributed by atoms with E-state index in [1.807, 2.05) is 19.9 Å². The fourth-order valence-corrected chi connectivity index (χ4v) is 4.06. The number of hydrogen-bond donors (Lipinski definition) is 2. The predicted molar refractivity (Wildman–Crippen MR) is 112 cm³/mol. The minimum Gasteiger partial charge on any atom is -0.383 e. The van der Waals surface area contributed by atoms with E-state index in [-0.39, 0.29) is 16.6 Å². The molecule has 1 aromatic carbocycles. The Morgan fingerprint density at radius 2 is 1.87 bits per heavy atom. The highest BCUT2D eigenvalue weighted by Gasteiger charge is 2.32. The normalized spacial score (nSPS) is 19.4. The predicted octanol–water partition coefficient (Wildman–Crippen LogP) is 5.77. The number of pyridine rings is 1. The molecule has 30 heavy (non-hydrogen) atoms. The molecule has 162 valence electrons. The van der Waals surface area contributed by atoms with Gasteiger partial charge in [-0.25, -0.2) is 0 Å². The standard InChI is InChI=1S/C22H25ClF3N3O/c1-13-9-10-27-14(2)20(13)28-12-15-3-6-17(7-4-15)29-21(30)18-11-16(22(24,25)26)5-8-19(18)23/h5,8-11,15,17,28H,3-4,6-7,12H2,1-2H3,(H,29,30). The van der Waals surface area contributed by atoms with Crippen LogP contribution >= 0.6 is 11.6 Å². The summed E-state index contributed by atoms with van der Waals surface area (Å²) in [5.41, 5.74) is 2.16. The smallest absolute Gasteiger partial charge is 0.383 e. The number of benzene rings is 1. The molecule has 0 saturated heterocycles. The zero-order valence-electron chi connectivity index (χ0n) is 16.9. The quantitative estimate of drug-likeness (QED) is 0.621. The summed E-state index contributed by atoms with van der Waals surface area (Å²) in [5.74, 6) is -0.0939. The van der Waals surface area contributed by atoms with Crippen molar-refractivity contribution < 1.29 is 18.0 Å². The number of aromatic nitrogens is 1. The van der Waals surface area contributed by atoms with Gasteiger partial charge in [-0.05, 0) is 75.3 Å². The number of anilines is 1. The van der Waals surface area contributed by atoms with Crippen molar-refractivity contribution in [2.75, 3.05) is 11.9 Å². The Balaban J connectivity index is 1.53. The van der Waals surface area contributed by atoms with Gasteiger partial charge in [0, 0.05) is 18.8 Å². The fourth-order valence-electron chi connectivity index (χ4n) is 3.86. The highest BCUT2D eigenvalue weighted by Crippen LogP contribution is 2.32. The van der Waals surface area contributed by atoms with Gasteiger partial charge in [-0.15, -0.1) is 0 Å². The van der Waals surface area contributed by atoms with Crippen LogP contribution in [-0.2, 0) is 6.18 Å². The van der Waals surface area contributed by atoms with Gasteiger partial charge >= 0.3 is 6.18 Å². The minimum absolute atomic E-state index is 0.0144. The number of nitrogens with one attached hydrogen (secondary N) is 2. The summed E-state index contributed by atoms with van der Waals surface area (Å²) >= 11 is 5.97. The largest absolute Gasteiger partial charge is 0.416 e. The van der Waals surface area contributed by atoms with Crippen molar-refractivity contribution in [2.24, 2.45) is 5.92 Å². The number of carbonyl (C=O) groups excluding carboxylic acids is 1. The molecule has 1 aliphatic carbocycles. The van der Waals surface area contributed by atoms with Crippen LogP contribution in [0.2, 0.25) is 5.02 Å². The van der Waals surface area contributed by atoms with E-state index in [0.29, 0.717) is 5.92 Å². The Morgan fingerprint density at radius 1 is 1.17 bits per heavy atom. The zero-order chi connectivity index (χ0) is 21.9. The summed E-state index contributed by atoms with van der Waals surface area (Å²) in [6.07, 6.45) is 0.675. The van der Waals surface area contributed by atoms with Gasteiger partial charge in [-0.1, -0.05) is 11.6 Å². The van der Waals surface area contributed by atoms with E-state index < -0.39 is 17.6 Å². The second-order valence-corrected chi connectivity index (χ2v) is 8.26. The van der Waals surface area contributed by atoms with Gasteiger partial charge in [0.1, 0.15) is 0 Å². The Bertz CT molecular complexity index is 889. The third-order valence-corrected chi connectivity index (χ3v) is 5.97. The molecule has 0 bridgehead atoms. The van der Waals surface area contributed by atoms with Crippen molar-refractivity contribution >= 4 is 23.2 Å². The molecule has 3 rings (SSSR count). The van der Waals surface area contributed by atoms with Crippen molar-refractivity contribution in [3.63, 3.8) is 0 Å². The van der Waals surface area contributed by atoms with Crippen LogP contribution in [0.5, 0.6) is 0 Å². The number of nitrogens with zero attached hydrogens (tertiary/aromatic N) is 1. The van der Waals surface area contributed by atoms with Crippen LogP contribution in [0.3, 0.4) is 0 Å². The zero-order valence-corrected chi connectivity index (χ0v) is 17.7. The molecule has 0 unspecified atom stereocenters. The van der Waals surface area contributed by atoms with Gasteiger partial charge in [-0.3, -0.25) is 9.78 Å². The lowest BCUT2D eigenvalue weighted by atomic mass is 9.85. The average molecular weight is 440 g/mol. The molecular formula is C22H25ClF3N3O. The van der Waals surface area contributed by atoms with E-state index in [1.54, 1.807) is 6.20 Å². The van der Waals surface area contributed by atoms with E-state index >= 15 is 0 Å². The van der Waals surface area contributed by atoms with E-state index in [1.165, 1.54) is 0 Å². The van der Waals surface area contributed by atoms with Crippen LogP contribution in [0.25, 0.3) is 0 Å². The van der Waals surface area contributed by atoms with E-state index in [9.17, 15) is 18.0 Å². The Hall–Kier alpha value is -2.28. The van der Waals surface area contributed by atoms with E-state index in [4.69, 9.17) is 11.6 Å². The van der Waals surface area contributed by atoms with Gasteiger partial charge < -0.3 is 10.6 Å². The molecule has 1 fully saturated rings. The third-order valence-electron chi connectivity index (χ3n) is 5.64. The van der Waals surface area contributed by atoms with Crippen LogP contribution in [0, 0.1) is 19.8 Å². The molecule has 0 atom stereocenters. The molecule has 1 amide bonds. The SMILES string of the molecule is Cc1ccnc(C)c1NCC1CCC(NC(=O)c2cc(C(F)(F)F)ccc2Cl)CC1. The summed E-state index contributed by atoms with van der Waals surface area (Å²) < 4.78 is 38.8. The minimum atomic E-state index is -4.52. The Kier molecular flexibility index (Phi) is 6.91. The maximum Gasteiger partial charge on any atom is 0.416 e. The molecule has 2 N–H and O–H groups in total. The fraction of sp³-hybridized carbons (Fsp3) is 0.455. The van der Waals surface area contributed by atoms with Crippen LogP contribution in [0.4, 0.5) is 18.9 Å². The molecular weight excluding hydrogens is 415 g/mol. The summed E-state index contributed by atoms with van der Waals surface area (Å²) in [6.45, 7) is 4.84. The van der Waals surface area contributed by atoms with Gasteiger partial charge in [0.05, 0.1) is 27.5 Å². The third kappa shape index (κ3) is 5.45. The monoisotopic (exact) mass is 439 g/mol. The lowest BCUT2D eigenvalue weighted by molar-refractivity contribution is -0.137. The van der Waals surface area contributed by atoms with Gasteiger partial charge in [-0.2, -0.15) is 13.2 Å². The molecule has 4 nitrogen and oxygen atoms in total. The highest BCUT2D eigenvalue weighted by molar-refractivity contribution is 6.33. The van der Waals surface area contributed by atoms with E-state index in [0.717, 1.165) is 67.4 Å². The second kappa shape index (κ2) is 9.25. The number of alkyl halides is 3. The number of carbonyl (C=O) groups is 1. The molecule has 1 saturated carbocycles. The molecule has 0 spiro atoms. The van der Waals surface area contributed by atoms with Crippen LogP contribution < -0.4 is 10.6 Å². The number of rotatable bonds is 5. The number of amides is 1. The first-order chi connectivity index (χ1) is 14.1. The van der Waals surface area contributed by atoms with Crippen molar-refractivity contribution in [2.45, 2.75) is 51.7 Å². The molecule has 1 heterocycles. The Labute approximate surface area is 179 Å². The number of hydrogen-bond acceptors (Lipinski definition) is 3. The molecule has 8 heteroatoms.